The van der Waals surface area contributed by atoms with E-state index in [1.165, 1.54) is 31.0 Å². The minimum atomic E-state index is -0.750. The molecule has 0 aromatic heterocycles. The predicted molar refractivity (Wildman–Crippen MR) is 269 cm³/mol. The van der Waals surface area contributed by atoms with Crippen LogP contribution in [0.3, 0.4) is 0 Å². The molecule has 0 bridgehead atoms. The molecule has 14 heteroatoms. The van der Waals surface area contributed by atoms with Crippen molar-refractivity contribution in [3.05, 3.63) is 95.6 Å². The molecular formula is C57H78O14. The van der Waals surface area contributed by atoms with Gasteiger partial charge in [0.05, 0.1) is 37.6 Å². The Kier molecular flexibility index (Phi) is 27.2. The molecule has 5 rings (SSSR count). The highest BCUT2D eigenvalue weighted by Gasteiger charge is 2.21. The van der Waals surface area contributed by atoms with Gasteiger partial charge in [-0.25, -0.2) is 19.2 Å². The van der Waals surface area contributed by atoms with Crippen LogP contribution >= 0.6 is 0 Å². The van der Waals surface area contributed by atoms with E-state index in [2.05, 4.69) is 6.58 Å². The monoisotopic (exact) mass is 987 g/mol. The van der Waals surface area contributed by atoms with Gasteiger partial charge < -0.3 is 47.4 Å². The summed E-state index contributed by atoms with van der Waals surface area (Å²) >= 11 is 0. The fourth-order valence-corrected chi connectivity index (χ4v) is 7.93. The van der Waals surface area contributed by atoms with Crippen molar-refractivity contribution in [3.8, 4) is 23.0 Å². The number of benzene rings is 3. The van der Waals surface area contributed by atoms with Gasteiger partial charge in [0.15, 0.2) is 12.6 Å². The highest BCUT2D eigenvalue weighted by Crippen LogP contribution is 2.28. The summed E-state index contributed by atoms with van der Waals surface area (Å²) < 4.78 is 56.9. The Morgan fingerprint density at radius 2 is 0.901 bits per heavy atom. The largest absolute Gasteiger partial charge is 0.494 e. The van der Waals surface area contributed by atoms with Gasteiger partial charge in [-0.15, -0.1) is 0 Å². The average molecular weight is 987 g/mol. The summed E-state index contributed by atoms with van der Waals surface area (Å²) in [6.07, 6.45) is 22.2. The van der Waals surface area contributed by atoms with Crippen LogP contribution in [0.2, 0.25) is 0 Å². The molecule has 0 N–H and O–H groups in total. The molecule has 0 saturated carbocycles. The van der Waals surface area contributed by atoms with Crippen LogP contribution in [0.5, 0.6) is 23.0 Å². The Hall–Kier alpha value is -5.28. The van der Waals surface area contributed by atoms with Gasteiger partial charge in [0.25, 0.3) is 0 Å². The maximum Gasteiger partial charge on any atom is 0.343 e. The van der Waals surface area contributed by atoms with Gasteiger partial charge in [-0.1, -0.05) is 57.9 Å². The maximum atomic E-state index is 13.5. The van der Waals surface area contributed by atoms with E-state index in [4.69, 9.17) is 47.4 Å². The Morgan fingerprint density at radius 1 is 0.479 bits per heavy atom. The Bertz CT molecular complexity index is 2000. The van der Waals surface area contributed by atoms with Crippen molar-refractivity contribution in [1.29, 1.82) is 0 Å². The number of carbonyl (C=O) groups is 4. The fraction of sp³-hybridized carbons (Fsp3) is 0.579. The number of esters is 4. The normalized spacial score (nSPS) is 15.6. The standard InChI is InChI=1S/C57H78O14/c1-44(2)54(58)68-41-19-11-12-20-42-69-57(61)50-43-49(70-55(59)45-25-29-47(30-26-45)62-35-15-7-3-5-9-17-37-64-52-23-13-21-39-66-52)33-34-51(50)71-56(60)46-27-31-48(32-28-46)63-36-16-8-4-6-10-18-38-65-53-24-14-22-40-67-53/h25-34,43,52-53H,1,3-24,35-42H2,2H3. The predicted octanol–water partition coefficient (Wildman–Crippen LogP) is 12.5. The van der Waals surface area contributed by atoms with Gasteiger partial charge >= 0.3 is 23.9 Å². The summed E-state index contributed by atoms with van der Waals surface area (Å²) in [4.78, 5) is 51.7. The number of unbranched alkanes of at least 4 members (excludes halogenated alkanes) is 13. The van der Waals surface area contributed by atoms with E-state index in [1.54, 1.807) is 55.5 Å². The lowest BCUT2D eigenvalue weighted by Crippen LogP contribution is -2.22. The van der Waals surface area contributed by atoms with E-state index >= 15 is 0 Å². The van der Waals surface area contributed by atoms with Crippen molar-refractivity contribution < 1.29 is 66.5 Å². The molecule has 2 aliphatic heterocycles. The second-order valence-electron chi connectivity index (χ2n) is 18.2. The molecule has 2 heterocycles. The summed E-state index contributed by atoms with van der Waals surface area (Å²) in [5.41, 5.74) is 0.807. The lowest BCUT2D eigenvalue weighted by Gasteiger charge is -2.22. The molecular weight excluding hydrogens is 909 g/mol. The van der Waals surface area contributed by atoms with Gasteiger partial charge in [-0.3, -0.25) is 0 Å². The summed E-state index contributed by atoms with van der Waals surface area (Å²) in [7, 11) is 0. The summed E-state index contributed by atoms with van der Waals surface area (Å²) in [5, 5.41) is 0. The molecule has 2 atom stereocenters. The number of hydrogen-bond acceptors (Lipinski definition) is 14. The van der Waals surface area contributed by atoms with Crippen LogP contribution < -0.4 is 18.9 Å². The third-order valence-electron chi connectivity index (χ3n) is 12.1. The van der Waals surface area contributed by atoms with E-state index in [1.807, 2.05) is 0 Å². The van der Waals surface area contributed by atoms with E-state index in [0.29, 0.717) is 43.1 Å². The van der Waals surface area contributed by atoms with Crippen LogP contribution in [-0.2, 0) is 33.2 Å². The fourth-order valence-electron chi connectivity index (χ4n) is 7.93. The van der Waals surface area contributed by atoms with Gasteiger partial charge in [-0.2, -0.15) is 0 Å². The van der Waals surface area contributed by atoms with Crippen LogP contribution in [-0.4, -0.2) is 89.3 Å². The number of ether oxygens (including phenoxy) is 10. The SMILES string of the molecule is C=C(C)C(=O)OCCCCCCOC(=O)c1cc(OC(=O)c2ccc(OCCCCCCCCOC3CCCCO3)cc2)ccc1OC(=O)c1ccc(OCCCCCCCCOC2CCCCO2)cc1. The molecule has 2 aliphatic rings. The van der Waals surface area contributed by atoms with Gasteiger partial charge in [-0.05, 0) is 164 Å². The zero-order valence-corrected chi connectivity index (χ0v) is 42.1. The highest BCUT2D eigenvalue weighted by atomic mass is 16.7. The molecule has 390 valence electrons. The van der Waals surface area contributed by atoms with E-state index in [9.17, 15) is 19.2 Å². The van der Waals surface area contributed by atoms with Crippen LogP contribution in [0.25, 0.3) is 0 Å². The third-order valence-corrected chi connectivity index (χ3v) is 12.1. The summed E-state index contributed by atoms with van der Waals surface area (Å²) in [6.45, 7) is 9.80. The van der Waals surface area contributed by atoms with Crippen LogP contribution in [0.1, 0.15) is 179 Å². The second-order valence-corrected chi connectivity index (χ2v) is 18.2. The molecule has 0 amide bonds. The summed E-state index contributed by atoms with van der Waals surface area (Å²) in [6, 6.07) is 17.5. The number of carbonyl (C=O) groups excluding carboxylic acids is 4. The van der Waals surface area contributed by atoms with Crippen molar-refractivity contribution in [2.24, 2.45) is 0 Å². The molecule has 0 aliphatic carbocycles. The first kappa shape index (κ1) is 56.6. The highest BCUT2D eigenvalue weighted by molar-refractivity contribution is 5.97. The quantitative estimate of drug-likeness (QED) is 0.0237. The zero-order valence-electron chi connectivity index (χ0n) is 42.1. The van der Waals surface area contributed by atoms with Gasteiger partial charge in [0.2, 0.25) is 0 Å². The molecule has 0 radical (unpaired) electrons. The molecule has 3 aromatic carbocycles. The van der Waals surface area contributed by atoms with Crippen molar-refractivity contribution in [2.45, 2.75) is 161 Å². The van der Waals surface area contributed by atoms with Crippen molar-refractivity contribution in [3.63, 3.8) is 0 Å². The second kappa shape index (κ2) is 34.2. The van der Waals surface area contributed by atoms with Crippen LogP contribution in [0, 0.1) is 0 Å². The molecule has 2 fully saturated rings. The topological polar surface area (TPSA) is 161 Å². The van der Waals surface area contributed by atoms with Gasteiger partial charge in [0, 0.05) is 32.0 Å². The Labute approximate surface area is 421 Å². The van der Waals surface area contributed by atoms with Crippen molar-refractivity contribution in [2.75, 3.05) is 52.9 Å². The van der Waals surface area contributed by atoms with E-state index in [-0.39, 0.29) is 54.0 Å². The number of rotatable bonds is 35. The minimum Gasteiger partial charge on any atom is -0.494 e. The van der Waals surface area contributed by atoms with E-state index < -0.39 is 23.9 Å². The average Bonchev–Trinajstić information content (AvgIpc) is 3.39. The smallest absolute Gasteiger partial charge is 0.343 e. The molecule has 3 aromatic rings. The van der Waals surface area contributed by atoms with E-state index in [0.717, 1.165) is 142 Å². The Balaban J connectivity index is 1.04. The van der Waals surface area contributed by atoms with Crippen molar-refractivity contribution >= 4 is 23.9 Å². The first-order chi connectivity index (χ1) is 34.7. The first-order valence-electron chi connectivity index (χ1n) is 26.3. The minimum absolute atomic E-state index is 0.0194. The van der Waals surface area contributed by atoms with Gasteiger partial charge in [0.1, 0.15) is 28.6 Å². The molecule has 0 spiro atoms. The molecule has 14 nitrogen and oxygen atoms in total. The van der Waals surface area contributed by atoms with Crippen LogP contribution in [0.4, 0.5) is 0 Å². The number of hydrogen-bond donors (Lipinski definition) is 0. The third kappa shape index (κ3) is 23.2. The maximum absolute atomic E-state index is 13.5. The molecule has 2 unspecified atom stereocenters. The first-order valence-corrected chi connectivity index (χ1v) is 26.3. The lowest BCUT2D eigenvalue weighted by molar-refractivity contribution is -0.163. The zero-order chi connectivity index (χ0) is 50.1. The Morgan fingerprint density at radius 3 is 1.37 bits per heavy atom. The molecule has 2 saturated heterocycles. The molecule has 71 heavy (non-hydrogen) atoms. The lowest BCUT2D eigenvalue weighted by atomic mass is 10.1. The van der Waals surface area contributed by atoms with Crippen LogP contribution in [0.15, 0.2) is 78.9 Å². The van der Waals surface area contributed by atoms with Crippen molar-refractivity contribution in [1.82, 2.24) is 0 Å². The summed E-state index contributed by atoms with van der Waals surface area (Å²) in [5.74, 6) is -1.22.